The summed E-state index contributed by atoms with van der Waals surface area (Å²) < 4.78 is 95.5. The van der Waals surface area contributed by atoms with Crippen molar-refractivity contribution in [2.24, 2.45) is 11.8 Å². The van der Waals surface area contributed by atoms with Crippen LogP contribution in [0.5, 0.6) is 0 Å². The number of carbonyl (C=O) groups is 1. The van der Waals surface area contributed by atoms with Crippen LogP contribution < -0.4 is 15.1 Å². The number of fused-ring (bicyclic) bond motifs is 1. The standard InChI is InChI=1S/C26H30ClF2N5O2/c1-15-12-34(13-16(2)26(15,28)29)25-31-11-20(27)21(32-25)9-18-6-7-22-19(8-18)10-23(17(3)33(22)5)36-14-24(35)30-4/h6-8,10-11,15-16H,3,9,12-14H2,1-2,4-5H3,(H,30,35)/t15-,16+/i4D3,5D3,14D2. The third-order valence-electron chi connectivity index (χ3n) is 6.30. The van der Waals surface area contributed by atoms with E-state index in [9.17, 15) is 13.6 Å². The van der Waals surface area contributed by atoms with E-state index in [0.29, 0.717) is 11.3 Å². The van der Waals surface area contributed by atoms with Gasteiger partial charge >= 0.3 is 0 Å². The fraction of sp³-hybridized carbons (Fsp3) is 0.423. The molecule has 10 heteroatoms. The van der Waals surface area contributed by atoms with Crippen LogP contribution in [0.15, 0.2) is 42.4 Å². The third kappa shape index (κ3) is 5.02. The molecule has 1 N–H and O–H groups in total. The van der Waals surface area contributed by atoms with Gasteiger partial charge in [-0.1, -0.05) is 38.1 Å². The summed E-state index contributed by atoms with van der Waals surface area (Å²) in [4.78, 5) is 23.6. The first-order valence-electron chi connectivity index (χ1n) is 15.1. The Labute approximate surface area is 226 Å². The maximum Gasteiger partial charge on any atom is 0.257 e. The number of hydrogen-bond donors (Lipinski definition) is 1. The first-order valence-corrected chi connectivity index (χ1v) is 11.5. The molecule has 2 aliphatic heterocycles. The van der Waals surface area contributed by atoms with Gasteiger partial charge in [-0.15, -0.1) is 0 Å². The number of piperidine rings is 1. The van der Waals surface area contributed by atoms with E-state index in [2.05, 4.69) is 16.5 Å². The summed E-state index contributed by atoms with van der Waals surface area (Å²) in [7, 11) is 0. The summed E-state index contributed by atoms with van der Waals surface area (Å²) in [6.45, 7) is -2.22. The Morgan fingerprint density at radius 2 is 2.14 bits per heavy atom. The van der Waals surface area contributed by atoms with Gasteiger partial charge < -0.3 is 19.9 Å². The second kappa shape index (κ2) is 10.0. The number of nitrogens with one attached hydrogen (secondary N) is 1. The van der Waals surface area contributed by atoms with Crippen molar-refractivity contribution < 1.29 is 29.3 Å². The number of halogens is 3. The molecular formula is C26H30ClF2N5O2. The van der Waals surface area contributed by atoms with Gasteiger partial charge in [-0.05, 0) is 23.8 Å². The van der Waals surface area contributed by atoms with E-state index in [4.69, 9.17) is 27.3 Å². The van der Waals surface area contributed by atoms with Crippen molar-refractivity contribution in [2.75, 3.05) is 43.4 Å². The number of hydrogen-bond acceptors (Lipinski definition) is 6. The van der Waals surface area contributed by atoms with Crippen LogP contribution in [0.1, 0.15) is 41.6 Å². The molecular weight excluding hydrogens is 488 g/mol. The fourth-order valence-electron chi connectivity index (χ4n) is 4.22. The molecule has 1 amide bonds. The summed E-state index contributed by atoms with van der Waals surface area (Å²) in [6, 6.07) is 4.74. The monoisotopic (exact) mass is 525 g/mol. The number of ether oxygens (including phenoxy) is 1. The van der Waals surface area contributed by atoms with Crippen LogP contribution in [0.3, 0.4) is 0 Å². The SMILES string of the molecule is [2H]C([2H])([2H])NC(=O)C([2H])([2H])OC1=Cc2cc(Cc3nc(N4C[C@@H](C)C(F)(F)[C@@H](C)C4)ncc3Cl)ccc2N(C([2H])([2H])[2H])C1=C. The number of aromatic nitrogens is 2. The van der Waals surface area contributed by atoms with Gasteiger partial charge in [0.25, 0.3) is 11.8 Å². The molecule has 0 spiro atoms. The van der Waals surface area contributed by atoms with E-state index >= 15 is 0 Å². The number of amides is 1. The molecule has 0 radical (unpaired) electrons. The average Bonchev–Trinajstić information content (AvgIpc) is 2.87. The van der Waals surface area contributed by atoms with Gasteiger partial charge in [-0.3, -0.25) is 4.79 Å². The molecule has 36 heavy (non-hydrogen) atoms. The first kappa shape index (κ1) is 17.3. The molecule has 1 aromatic carbocycles. The molecule has 0 saturated carbocycles. The molecule has 2 aliphatic rings. The largest absolute Gasteiger partial charge is 0.482 e. The van der Waals surface area contributed by atoms with Gasteiger partial charge in [-0.2, -0.15) is 0 Å². The second-order valence-electron chi connectivity index (χ2n) is 8.87. The quantitative estimate of drug-likeness (QED) is 0.598. The van der Waals surface area contributed by atoms with Crippen molar-refractivity contribution in [3.05, 3.63) is 64.3 Å². The molecule has 4 rings (SSSR count). The Bertz CT molecular complexity index is 1490. The minimum atomic E-state index is -3.20. The molecule has 0 aliphatic carbocycles. The smallest absolute Gasteiger partial charge is 0.257 e. The van der Waals surface area contributed by atoms with Gasteiger partial charge in [0.05, 0.1) is 25.4 Å². The number of nitrogens with zero attached hydrogens (tertiary/aromatic N) is 4. The number of benzene rings is 1. The van der Waals surface area contributed by atoms with Gasteiger partial charge in [0.1, 0.15) is 5.76 Å². The highest BCUT2D eigenvalue weighted by atomic mass is 35.5. The molecule has 1 saturated heterocycles. The normalized spacial score (nSPS) is 25.5. The van der Waals surface area contributed by atoms with Crippen molar-refractivity contribution >= 4 is 35.2 Å². The molecule has 3 heterocycles. The van der Waals surface area contributed by atoms with Gasteiger partial charge in [0, 0.05) is 64.8 Å². The summed E-state index contributed by atoms with van der Waals surface area (Å²) in [5.41, 5.74) is 1.15. The van der Waals surface area contributed by atoms with Crippen LogP contribution in [0.4, 0.5) is 20.4 Å². The minimum absolute atomic E-state index is 0.0531. The Balaban J connectivity index is 1.66. The lowest BCUT2D eigenvalue weighted by Gasteiger charge is -2.41. The van der Waals surface area contributed by atoms with Crippen LogP contribution in [-0.4, -0.2) is 55.4 Å². The Morgan fingerprint density at radius 1 is 1.39 bits per heavy atom. The Hall–Kier alpha value is -3.20. The Morgan fingerprint density at radius 3 is 2.83 bits per heavy atom. The highest BCUT2D eigenvalue weighted by molar-refractivity contribution is 6.31. The molecule has 1 aromatic heterocycles. The molecule has 0 bridgehead atoms. The lowest BCUT2D eigenvalue weighted by atomic mass is 9.87. The average molecular weight is 526 g/mol. The lowest BCUT2D eigenvalue weighted by molar-refractivity contribution is -0.123. The molecule has 7 nitrogen and oxygen atoms in total. The highest BCUT2D eigenvalue weighted by Gasteiger charge is 2.47. The van der Waals surface area contributed by atoms with E-state index < -0.39 is 49.9 Å². The lowest BCUT2D eigenvalue weighted by Crippen LogP contribution is -2.52. The molecule has 0 unspecified atom stereocenters. The van der Waals surface area contributed by atoms with Gasteiger partial charge in [-0.25, -0.2) is 18.7 Å². The van der Waals surface area contributed by atoms with Gasteiger partial charge in [0.15, 0.2) is 6.56 Å². The maximum absolute atomic E-state index is 14.4. The van der Waals surface area contributed by atoms with E-state index in [1.54, 1.807) is 17.0 Å². The van der Waals surface area contributed by atoms with Crippen LogP contribution in [0, 0.1) is 11.8 Å². The molecule has 192 valence electrons. The zero-order chi connectivity index (χ0) is 33.0. The van der Waals surface area contributed by atoms with Crippen molar-refractivity contribution in [1.29, 1.82) is 0 Å². The van der Waals surface area contributed by atoms with Crippen LogP contribution in [0.2, 0.25) is 5.02 Å². The van der Waals surface area contributed by atoms with E-state index in [1.165, 1.54) is 37.5 Å². The van der Waals surface area contributed by atoms with E-state index in [1.807, 2.05) is 0 Å². The number of carbonyl (C=O) groups excluding carboxylic acids is 1. The number of alkyl halides is 2. The summed E-state index contributed by atoms with van der Waals surface area (Å²) in [5, 5.41) is 1.74. The zero-order valence-electron chi connectivity index (χ0n) is 27.6. The van der Waals surface area contributed by atoms with E-state index in [-0.39, 0.29) is 47.4 Å². The first-order chi connectivity index (χ1) is 20.1. The molecule has 1 fully saturated rings. The van der Waals surface area contributed by atoms with Gasteiger partial charge in [0.2, 0.25) is 5.95 Å². The van der Waals surface area contributed by atoms with Crippen LogP contribution >= 0.6 is 11.6 Å². The third-order valence-corrected chi connectivity index (χ3v) is 6.62. The predicted molar refractivity (Wildman–Crippen MR) is 137 cm³/mol. The van der Waals surface area contributed by atoms with Crippen molar-refractivity contribution in [3.63, 3.8) is 0 Å². The van der Waals surface area contributed by atoms with Crippen molar-refractivity contribution in [3.8, 4) is 0 Å². The summed E-state index contributed by atoms with van der Waals surface area (Å²) in [5.74, 6) is -6.42. The highest BCUT2D eigenvalue weighted by Crippen LogP contribution is 2.39. The minimum Gasteiger partial charge on any atom is -0.482 e. The summed E-state index contributed by atoms with van der Waals surface area (Å²) >= 11 is 6.40. The zero-order valence-corrected chi connectivity index (χ0v) is 20.4. The van der Waals surface area contributed by atoms with Crippen molar-refractivity contribution in [2.45, 2.75) is 26.2 Å². The number of rotatable bonds is 6. The number of anilines is 2. The maximum atomic E-state index is 14.4. The predicted octanol–water partition coefficient (Wildman–Crippen LogP) is 4.52. The van der Waals surface area contributed by atoms with Crippen LogP contribution in [0.25, 0.3) is 6.08 Å². The Kier molecular flexibility index (Phi) is 4.82. The second-order valence-corrected chi connectivity index (χ2v) is 9.27. The van der Waals surface area contributed by atoms with Crippen molar-refractivity contribution in [1.82, 2.24) is 15.3 Å². The molecule has 2 atom stereocenters. The topological polar surface area (TPSA) is 70.6 Å². The molecule has 2 aromatic rings. The van der Waals surface area contributed by atoms with E-state index in [0.717, 1.165) is 4.90 Å². The van der Waals surface area contributed by atoms with Crippen LogP contribution in [-0.2, 0) is 16.0 Å². The summed E-state index contributed by atoms with van der Waals surface area (Å²) in [6.07, 6.45) is 2.81. The number of likely N-dealkylation sites (N-methyl/N-ethyl adjacent to an activating group) is 2. The fourth-order valence-corrected chi connectivity index (χ4v) is 4.38.